The minimum absolute atomic E-state index is 0.330. The summed E-state index contributed by atoms with van der Waals surface area (Å²) in [6.45, 7) is 9.03. The zero-order valence-corrected chi connectivity index (χ0v) is 10.8. The van der Waals surface area contributed by atoms with Crippen molar-refractivity contribution in [2.24, 2.45) is 17.8 Å². The zero-order chi connectivity index (χ0) is 11.6. The summed E-state index contributed by atoms with van der Waals surface area (Å²) >= 11 is 0. The molecule has 0 aromatic carbocycles. The average molecular weight is 211 g/mol. The monoisotopic (exact) mass is 211 g/mol. The predicted octanol–water partition coefficient (Wildman–Crippen LogP) is 2.93. The van der Waals surface area contributed by atoms with Crippen LogP contribution in [0, 0.1) is 17.8 Å². The molecule has 88 valence electrons. The van der Waals surface area contributed by atoms with Crippen molar-refractivity contribution in [1.29, 1.82) is 0 Å². The maximum atomic E-state index is 11.8. The second-order valence-electron chi connectivity index (χ2n) is 5.54. The fraction of sp³-hybridized carbons (Fsp3) is 0.923. The van der Waals surface area contributed by atoms with Crippen LogP contribution in [0.5, 0.6) is 0 Å². The van der Waals surface area contributed by atoms with Gasteiger partial charge in [-0.1, -0.05) is 27.7 Å². The second-order valence-corrected chi connectivity index (χ2v) is 5.54. The highest BCUT2D eigenvalue weighted by molar-refractivity contribution is 5.76. The van der Waals surface area contributed by atoms with Crippen LogP contribution in [-0.2, 0) is 4.79 Å². The molecule has 2 nitrogen and oxygen atoms in total. The molecule has 0 N–H and O–H groups in total. The van der Waals surface area contributed by atoms with Gasteiger partial charge in [0.2, 0.25) is 5.91 Å². The van der Waals surface area contributed by atoms with Crippen LogP contribution >= 0.6 is 0 Å². The predicted molar refractivity (Wildman–Crippen MR) is 63.6 cm³/mol. The summed E-state index contributed by atoms with van der Waals surface area (Å²) in [5, 5.41) is 0. The summed E-state index contributed by atoms with van der Waals surface area (Å²) in [6, 6.07) is 0.431. The summed E-state index contributed by atoms with van der Waals surface area (Å²) < 4.78 is 0. The first-order valence-corrected chi connectivity index (χ1v) is 6.20. The van der Waals surface area contributed by atoms with E-state index >= 15 is 0 Å². The van der Waals surface area contributed by atoms with E-state index in [1.165, 1.54) is 6.42 Å². The summed E-state index contributed by atoms with van der Waals surface area (Å²) in [4.78, 5) is 13.8. The van der Waals surface area contributed by atoms with Crippen molar-refractivity contribution in [1.82, 2.24) is 4.90 Å². The fourth-order valence-electron chi connectivity index (χ4n) is 2.96. The lowest BCUT2D eigenvalue weighted by Crippen LogP contribution is -2.44. The van der Waals surface area contributed by atoms with Gasteiger partial charge in [-0.25, -0.2) is 0 Å². The number of nitrogens with zero attached hydrogens (tertiary/aromatic N) is 1. The Labute approximate surface area is 94.0 Å². The highest BCUT2D eigenvalue weighted by Crippen LogP contribution is 2.32. The number of rotatable bonds is 2. The standard InChI is InChI=1S/C13H25NO/c1-9(2)11-7-6-8-12(15)14(5)13(11)10(3)4/h9-11,13H,6-8H2,1-5H3. The molecule has 1 rings (SSSR count). The summed E-state index contributed by atoms with van der Waals surface area (Å²) in [6.07, 6.45) is 3.01. The molecule has 0 aromatic heterocycles. The lowest BCUT2D eigenvalue weighted by Gasteiger charge is -2.37. The third kappa shape index (κ3) is 2.73. The third-order valence-electron chi connectivity index (χ3n) is 3.75. The van der Waals surface area contributed by atoms with Crippen LogP contribution in [0.3, 0.4) is 0 Å². The van der Waals surface area contributed by atoms with E-state index < -0.39 is 0 Å². The van der Waals surface area contributed by atoms with Crippen LogP contribution in [0.2, 0.25) is 0 Å². The smallest absolute Gasteiger partial charge is 0.222 e. The molecular formula is C13H25NO. The molecule has 1 fully saturated rings. The van der Waals surface area contributed by atoms with Gasteiger partial charge >= 0.3 is 0 Å². The summed E-state index contributed by atoms with van der Waals surface area (Å²) in [5.74, 6) is 2.23. The van der Waals surface area contributed by atoms with Crippen LogP contribution in [0.1, 0.15) is 47.0 Å². The van der Waals surface area contributed by atoms with E-state index in [-0.39, 0.29) is 0 Å². The molecule has 0 spiro atoms. The third-order valence-corrected chi connectivity index (χ3v) is 3.75. The molecule has 15 heavy (non-hydrogen) atoms. The van der Waals surface area contributed by atoms with Crippen LogP contribution in [-0.4, -0.2) is 23.9 Å². The van der Waals surface area contributed by atoms with E-state index in [0.717, 1.165) is 12.8 Å². The van der Waals surface area contributed by atoms with Crippen molar-refractivity contribution in [2.45, 2.75) is 53.0 Å². The number of likely N-dealkylation sites (tertiary alicyclic amines) is 1. The molecule has 2 heteroatoms. The Hall–Kier alpha value is -0.530. The molecule has 2 atom stereocenters. The average Bonchev–Trinajstić information content (AvgIpc) is 2.27. The van der Waals surface area contributed by atoms with E-state index in [4.69, 9.17) is 0 Å². The molecule has 0 saturated carbocycles. The maximum absolute atomic E-state index is 11.8. The Morgan fingerprint density at radius 2 is 1.80 bits per heavy atom. The number of hydrogen-bond donors (Lipinski definition) is 0. The van der Waals surface area contributed by atoms with Gasteiger partial charge in [0.15, 0.2) is 0 Å². The summed E-state index contributed by atoms with van der Waals surface area (Å²) in [7, 11) is 1.98. The first kappa shape index (κ1) is 12.5. The van der Waals surface area contributed by atoms with Gasteiger partial charge in [0.05, 0.1) is 0 Å². The molecule has 0 aromatic rings. The molecular weight excluding hydrogens is 186 g/mol. The van der Waals surface area contributed by atoms with Crippen LogP contribution in [0.4, 0.5) is 0 Å². The van der Waals surface area contributed by atoms with E-state index in [0.29, 0.717) is 29.7 Å². The largest absolute Gasteiger partial charge is 0.342 e. The second kappa shape index (κ2) is 5.00. The quantitative estimate of drug-likeness (QED) is 0.687. The summed E-state index contributed by atoms with van der Waals surface area (Å²) in [5.41, 5.74) is 0. The Kier molecular flexibility index (Phi) is 4.18. The number of amides is 1. The van der Waals surface area contributed by atoms with Gasteiger partial charge < -0.3 is 4.90 Å². The molecule has 1 saturated heterocycles. The van der Waals surface area contributed by atoms with Crippen molar-refractivity contribution in [3.8, 4) is 0 Å². The Morgan fingerprint density at radius 3 is 2.27 bits per heavy atom. The van der Waals surface area contributed by atoms with Crippen molar-refractivity contribution >= 4 is 5.91 Å². The van der Waals surface area contributed by atoms with E-state index in [1.807, 2.05) is 11.9 Å². The molecule has 0 aliphatic carbocycles. The van der Waals surface area contributed by atoms with Gasteiger partial charge in [0.1, 0.15) is 0 Å². The van der Waals surface area contributed by atoms with Gasteiger partial charge in [-0.2, -0.15) is 0 Å². The minimum Gasteiger partial charge on any atom is -0.342 e. The molecule has 1 heterocycles. The van der Waals surface area contributed by atoms with Gasteiger partial charge in [-0.15, -0.1) is 0 Å². The maximum Gasteiger partial charge on any atom is 0.222 e. The lowest BCUT2D eigenvalue weighted by atomic mass is 9.80. The lowest BCUT2D eigenvalue weighted by molar-refractivity contribution is -0.133. The van der Waals surface area contributed by atoms with E-state index in [9.17, 15) is 4.79 Å². The van der Waals surface area contributed by atoms with Crippen molar-refractivity contribution in [2.75, 3.05) is 7.05 Å². The van der Waals surface area contributed by atoms with Crippen molar-refractivity contribution < 1.29 is 4.79 Å². The van der Waals surface area contributed by atoms with Crippen LogP contribution in [0.15, 0.2) is 0 Å². The van der Waals surface area contributed by atoms with Crippen molar-refractivity contribution in [3.63, 3.8) is 0 Å². The van der Waals surface area contributed by atoms with Gasteiger partial charge in [0.25, 0.3) is 0 Å². The molecule has 0 bridgehead atoms. The van der Waals surface area contributed by atoms with E-state index in [2.05, 4.69) is 27.7 Å². The highest BCUT2D eigenvalue weighted by atomic mass is 16.2. The SMILES string of the molecule is CC(C)C1CCCC(=O)N(C)C1C(C)C. The number of carbonyl (C=O) groups excluding carboxylic acids is 1. The van der Waals surface area contributed by atoms with E-state index in [1.54, 1.807) is 0 Å². The number of hydrogen-bond acceptors (Lipinski definition) is 1. The molecule has 1 amide bonds. The Balaban J connectivity index is 2.90. The van der Waals surface area contributed by atoms with Gasteiger partial charge in [-0.3, -0.25) is 4.79 Å². The Bertz CT molecular complexity index is 223. The molecule has 1 aliphatic rings. The first-order chi connectivity index (χ1) is 6.95. The normalized spacial score (nSPS) is 28.7. The zero-order valence-electron chi connectivity index (χ0n) is 10.8. The van der Waals surface area contributed by atoms with Gasteiger partial charge in [-0.05, 0) is 30.6 Å². The van der Waals surface area contributed by atoms with Crippen LogP contribution < -0.4 is 0 Å². The van der Waals surface area contributed by atoms with Crippen LogP contribution in [0.25, 0.3) is 0 Å². The minimum atomic E-state index is 0.330. The number of carbonyl (C=O) groups is 1. The molecule has 2 unspecified atom stereocenters. The van der Waals surface area contributed by atoms with Crippen molar-refractivity contribution in [3.05, 3.63) is 0 Å². The Morgan fingerprint density at radius 1 is 1.20 bits per heavy atom. The molecule has 0 radical (unpaired) electrons. The topological polar surface area (TPSA) is 20.3 Å². The highest BCUT2D eigenvalue weighted by Gasteiger charge is 2.34. The molecule has 1 aliphatic heterocycles. The first-order valence-electron chi connectivity index (χ1n) is 6.20. The fourth-order valence-corrected chi connectivity index (χ4v) is 2.96. The van der Waals surface area contributed by atoms with Gasteiger partial charge in [0, 0.05) is 19.5 Å².